The number of nitrogens with zero attached hydrogens (tertiary/aromatic N) is 3. The molecule has 0 aromatic carbocycles. The molecular formula is C14H17N3O3. The van der Waals surface area contributed by atoms with Gasteiger partial charge >= 0.3 is 0 Å². The first-order chi connectivity index (χ1) is 9.56. The highest BCUT2D eigenvalue weighted by Crippen LogP contribution is 2.20. The zero-order chi connectivity index (χ0) is 14.3. The first-order valence-electron chi connectivity index (χ1n) is 6.71. The van der Waals surface area contributed by atoms with Crippen LogP contribution in [-0.4, -0.2) is 46.2 Å². The van der Waals surface area contributed by atoms with Gasteiger partial charge in [0.05, 0.1) is 35.4 Å². The van der Waals surface area contributed by atoms with Crippen molar-refractivity contribution >= 4 is 17.0 Å². The molecule has 0 saturated carbocycles. The first-order valence-corrected chi connectivity index (χ1v) is 6.71. The van der Waals surface area contributed by atoms with Gasteiger partial charge in [0.25, 0.3) is 11.6 Å². The summed E-state index contributed by atoms with van der Waals surface area (Å²) in [4.78, 5) is 18.6. The first kappa shape index (κ1) is 13.1. The third kappa shape index (κ3) is 2.16. The van der Waals surface area contributed by atoms with Crippen LogP contribution in [0.1, 0.15) is 29.9 Å². The fourth-order valence-electron chi connectivity index (χ4n) is 2.41. The van der Waals surface area contributed by atoms with Crippen molar-refractivity contribution in [2.45, 2.75) is 32.9 Å². The minimum Gasteiger partial charge on any atom is -0.375 e. The summed E-state index contributed by atoms with van der Waals surface area (Å²) in [6.07, 6.45) is 1.60. The van der Waals surface area contributed by atoms with E-state index in [0.29, 0.717) is 24.4 Å². The molecule has 0 radical (unpaired) electrons. The van der Waals surface area contributed by atoms with E-state index in [1.165, 1.54) is 0 Å². The highest BCUT2D eigenvalue weighted by Gasteiger charge is 2.28. The Balaban J connectivity index is 1.93. The number of fused-ring (bicyclic) bond motifs is 1. The van der Waals surface area contributed by atoms with Crippen LogP contribution in [0, 0.1) is 6.92 Å². The monoisotopic (exact) mass is 275 g/mol. The summed E-state index contributed by atoms with van der Waals surface area (Å²) in [6, 6.07) is 1.86. The minimum atomic E-state index is -0.0253. The lowest BCUT2D eigenvalue weighted by Gasteiger charge is -2.36. The van der Waals surface area contributed by atoms with Crippen molar-refractivity contribution in [3.8, 4) is 0 Å². The normalized spacial score (nSPS) is 23.2. The van der Waals surface area contributed by atoms with E-state index in [0.717, 1.165) is 11.1 Å². The maximum absolute atomic E-state index is 12.6. The molecule has 2 atom stereocenters. The molecule has 0 N–H and O–H groups in total. The van der Waals surface area contributed by atoms with Crippen LogP contribution in [0.25, 0.3) is 11.1 Å². The molecule has 1 aliphatic rings. The number of rotatable bonds is 1. The van der Waals surface area contributed by atoms with Gasteiger partial charge in [0.1, 0.15) is 0 Å². The maximum atomic E-state index is 12.6. The molecule has 1 aliphatic heterocycles. The van der Waals surface area contributed by atoms with E-state index in [4.69, 9.17) is 9.26 Å². The summed E-state index contributed by atoms with van der Waals surface area (Å²) < 4.78 is 10.6. The van der Waals surface area contributed by atoms with E-state index in [2.05, 4.69) is 10.1 Å². The summed E-state index contributed by atoms with van der Waals surface area (Å²) in [7, 11) is 0. The Kier molecular flexibility index (Phi) is 3.17. The van der Waals surface area contributed by atoms with Gasteiger partial charge in [-0.25, -0.2) is 4.98 Å². The summed E-state index contributed by atoms with van der Waals surface area (Å²) >= 11 is 0. The number of ether oxygens (including phenoxy) is 1. The van der Waals surface area contributed by atoms with E-state index < -0.39 is 0 Å². The standard InChI is InChI=1S/C14H17N3O3/c1-8-7-19-9(2)6-17(8)14(18)11-4-12-10(3)16-20-13(12)15-5-11/h4-5,8-9H,6-7H2,1-3H3/t8-,9-/m0/s1. The molecule has 0 unspecified atom stereocenters. The van der Waals surface area contributed by atoms with Gasteiger partial charge in [-0.2, -0.15) is 0 Å². The lowest BCUT2D eigenvalue weighted by Crippen LogP contribution is -2.50. The molecule has 0 aliphatic carbocycles. The Morgan fingerprint density at radius 3 is 3.05 bits per heavy atom. The predicted molar refractivity (Wildman–Crippen MR) is 72.5 cm³/mol. The molecule has 1 fully saturated rings. The van der Waals surface area contributed by atoms with Crippen molar-refractivity contribution in [1.29, 1.82) is 0 Å². The van der Waals surface area contributed by atoms with E-state index >= 15 is 0 Å². The minimum absolute atomic E-state index is 0.0253. The zero-order valence-corrected chi connectivity index (χ0v) is 11.8. The quantitative estimate of drug-likeness (QED) is 0.793. The van der Waals surface area contributed by atoms with E-state index in [1.54, 1.807) is 12.3 Å². The highest BCUT2D eigenvalue weighted by molar-refractivity contribution is 5.97. The Morgan fingerprint density at radius 2 is 2.25 bits per heavy atom. The molecule has 106 valence electrons. The van der Waals surface area contributed by atoms with Gasteiger partial charge in [-0.3, -0.25) is 4.79 Å². The smallest absolute Gasteiger partial charge is 0.257 e. The van der Waals surface area contributed by atoms with E-state index in [-0.39, 0.29) is 18.1 Å². The molecule has 2 aromatic rings. The molecule has 3 rings (SSSR count). The SMILES string of the molecule is Cc1noc2ncc(C(=O)N3C[C@H](C)OC[C@@H]3C)cc12. The van der Waals surface area contributed by atoms with Crippen LogP contribution in [0.5, 0.6) is 0 Å². The number of carbonyl (C=O) groups is 1. The van der Waals surface area contributed by atoms with Crippen LogP contribution in [0.4, 0.5) is 0 Å². The maximum Gasteiger partial charge on any atom is 0.257 e. The van der Waals surface area contributed by atoms with Crippen molar-refractivity contribution in [2.24, 2.45) is 0 Å². The number of hydrogen-bond acceptors (Lipinski definition) is 5. The fourth-order valence-corrected chi connectivity index (χ4v) is 2.41. The van der Waals surface area contributed by atoms with Crippen LogP contribution in [-0.2, 0) is 4.74 Å². The van der Waals surface area contributed by atoms with Crippen LogP contribution in [0.3, 0.4) is 0 Å². The second-order valence-corrected chi connectivity index (χ2v) is 5.30. The number of carbonyl (C=O) groups excluding carboxylic acids is 1. The molecule has 20 heavy (non-hydrogen) atoms. The van der Waals surface area contributed by atoms with Crippen molar-refractivity contribution < 1.29 is 14.1 Å². The van der Waals surface area contributed by atoms with Crippen LogP contribution in [0.15, 0.2) is 16.8 Å². The fraction of sp³-hybridized carbons (Fsp3) is 0.500. The third-order valence-corrected chi connectivity index (χ3v) is 3.63. The van der Waals surface area contributed by atoms with Gasteiger partial charge < -0.3 is 14.2 Å². The second kappa shape index (κ2) is 4.86. The zero-order valence-electron chi connectivity index (χ0n) is 11.8. The molecule has 1 saturated heterocycles. The van der Waals surface area contributed by atoms with Gasteiger partial charge in [-0.1, -0.05) is 5.16 Å². The summed E-state index contributed by atoms with van der Waals surface area (Å²) in [5, 5.41) is 4.64. The van der Waals surface area contributed by atoms with Crippen molar-refractivity contribution in [1.82, 2.24) is 15.0 Å². The van der Waals surface area contributed by atoms with Crippen LogP contribution < -0.4 is 0 Å². The van der Waals surface area contributed by atoms with Crippen molar-refractivity contribution in [3.63, 3.8) is 0 Å². The molecule has 6 nitrogen and oxygen atoms in total. The largest absolute Gasteiger partial charge is 0.375 e. The topological polar surface area (TPSA) is 68.5 Å². The van der Waals surface area contributed by atoms with Crippen molar-refractivity contribution in [2.75, 3.05) is 13.2 Å². The Morgan fingerprint density at radius 1 is 1.45 bits per heavy atom. The lowest BCUT2D eigenvalue weighted by atomic mass is 10.1. The number of amides is 1. The molecule has 3 heterocycles. The van der Waals surface area contributed by atoms with Gasteiger partial charge in [-0.15, -0.1) is 0 Å². The van der Waals surface area contributed by atoms with Crippen LogP contribution >= 0.6 is 0 Å². The Labute approximate surface area is 116 Å². The summed E-state index contributed by atoms with van der Waals surface area (Å²) in [5.74, 6) is -0.0253. The second-order valence-electron chi connectivity index (χ2n) is 5.30. The Hall–Kier alpha value is -1.95. The molecule has 0 spiro atoms. The number of aryl methyl sites for hydroxylation is 1. The number of pyridine rings is 1. The molecule has 6 heteroatoms. The average Bonchev–Trinajstić information content (AvgIpc) is 2.82. The summed E-state index contributed by atoms with van der Waals surface area (Å²) in [5.41, 5.74) is 1.76. The van der Waals surface area contributed by atoms with Crippen molar-refractivity contribution in [3.05, 3.63) is 23.5 Å². The molecule has 0 bridgehead atoms. The number of morpholine rings is 1. The van der Waals surface area contributed by atoms with Gasteiger partial charge in [0, 0.05) is 12.7 Å². The molecule has 2 aromatic heterocycles. The third-order valence-electron chi connectivity index (χ3n) is 3.63. The van der Waals surface area contributed by atoms with Gasteiger partial charge in [-0.05, 0) is 26.8 Å². The summed E-state index contributed by atoms with van der Waals surface area (Å²) in [6.45, 7) is 6.95. The van der Waals surface area contributed by atoms with Gasteiger partial charge in [0.2, 0.25) is 0 Å². The number of aromatic nitrogens is 2. The highest BCUT2D eigenvalue weighted by atomic mass is 16.5. The Bertz CT molecular complexity index is 652. The number of hydrogen-bond donors (Lipinski definition) is 0. The van der Waals surface area contributed by atoms with E-state index in [1.807, 2.05) is 25.7 Å². The predicted octanol–water partition coefficient (Wildman–Crippen LogP) is 1.78. The van der Waals surface area contributed by atoms with Crippen LogP contribution in [0.2, 0.25) is 0 Å². The molecular weight excluding hydrogens is 258 g/mol. The van der Waals surface area contributed by atoms with E-state index in [9.17, 15) is 4.79 Å². The molecule has 1 amide bonds. The lowest BCUT2D eigenvalue weighted by molar-refractivity contribution is -0.0387. The average molecular weight is 275 g/mol. The van der Waals surface area contributed by atoms with Gasteiger partial charge in [0.15, 0.2) is 0 Å².